The van der Waals surface area contributed by atoms with Crippen LogP contribution < -0.4 is 10.1 Å². The van der Waals surface area contributed by atoms with Gasteiger partial charge in [-0.25, -0.2) is 4.99 Å². The number of amidine groups is 1. The number of thioether (sulfide) groups is 1. The van der Waals surface area contributed by atoms with Gasteiger partial charge < -0.3 is 10.1 Å². The van der Waals surface area contributed by atoms with Gasteiger partial charge in [0.25, 0.3) is 0 Å². The minimum absolute atomic E-state index is 0.100. The van der Waals surface area contributed by atoms with Gasteiger partial charge in [-0.1, -0.05) is 35.5 Å². The lowest BCUT2D eigenvalue weighted by molar-refractivity contribution is -0.129. The van der Waals surface area contributed by atoms with Gasteiger partial charge in [0.1, 0.15) is 11.0 Å². The molecule has 6 nitrogen and oxygen atoms in total. The van der Waals surface area contributed by atoms with Crippen molar-refractivity contribution in [1.82, 2.24) is 4.90 Å². The first kappa shape index (κ1) is 25.5. The number of carbonyl (C=O) groups excluding carboxylic acids is 2. The van der Waals surface area contributed by atoms with E-state index >= 15 is 0 Å². The largest absolute Gasteiger partial charge is 0.497 e. The van der Waals surface area contributed by atoms with Crippen LogP contribution in [0.1, 0.15) is 12.0 Å². The Bertz CT molecular complexity index is 1220. The molecular weight excluding hydrogens is 597 g/mol. The molecule has 4 rings (SSSR count). The number of nitrogens with zero attached hydrogens (tertiary/aromatic N) is 2. The van der Waals surface area contributed by atoms with Gasteiger partial charge >= 0.3 is 0 Å². The Balaban J connectivity index is 1.54. The van der Waals surface area contributed by atoms with Crippen LogP contribution in [-0.4, -0.2) is 40.8 Å². The van der Waals surface area contributed by atoms with E-state index in [-0.39, 0.29) is 18.2 Å². The molecule has 35 heavy (non-hydrogen) atoms. The zero-order valence-corrected chi connectivity index (χ0v) is 22.6. The molecule has 180 valence electrons. The lowest BCUT2D eigenvalue weighted by atomic mass is 10.1. The quantitative estimate of drug-likeness (QED) is 0.322. The van der Waals surface area contributed by atoms with E-state index in [1.165, 1.54) is 11.8 Å². The fraction of sp³-hybridized carbons (Fsp3) is 0.192. The third kappa shape index (κ3) is 6.99. The number of ether oxygens (including phenoxy) is 1. The van der Waals surface area contributed by atoms with Crippen molar-refractivity contribution in [3.63, 3.8) is 0 Å². The van der Waals surface area contributed by atoms with Crippen molar-refractivity contribution >= 4 is 74.3 Å². The summed E-state index contributed by atoms with van der Waals surface area (Å²) in [7, 11) is 1.60. The van der Waals surface area contributed by atoms with Crippen molar-refractivity contribution in [1.29, 1.82) is 0 Å². The third-order valence-electron chi connectivity index (χ3n) is 5.38. The molecule has 1 fully saturated rings. The van der Waals surface area contributed by atoms with Crippen molar-refractivity contribution in [3.8, 4) is 5.75 Å². The number of rotatable bonds is 7. The van der Waals surface area contributed by atoms with E-state index in [4.69, 9.17) is 21.3 Å². The second kappa shape index (κ2) is 11.9. The van der Waals surface area contributed by atoms with Crippen LogP contribution in [0, 0.1) is 3.57 Å². The van der Waals surface area contributed by atoms with Crippen LogP contribution in [0.25, 0.3) is 0 Å². The monoisotopic (exact) mass is 619 g/mol. The van der Waals surface area contributed by atoms with Gasteiger partial charge in [0, 0.05) is 27.2 Å². The van der Waals surface area contributed by atoms with Gasteiger partial charge in [0.15, 0.2) is 5.17 Å². The molecule has 1 aliphatic rings. The zero-order valence-electron chi connectivity index (χ0n) is 18.9. The van der Waals surface area contributed by atoms with Crippen molar-refractivity contribution < 1.29 is 14.3 Å². The Morgan fingerprint density at radius 2 is 1.80 bits per heavy atom. The molecule has 1 unspecified atom stereocenters. The lowest BCUT2D eigenvalue weighted by Gasteiger charge is -2.32. The first-order valence-corrected chi connectivity index (χ1v) is 13.3. The summed E-state index contributed by atoms with van der Waals surface area (Å²) in [5.41, 5.74) is 2.44. The van der Waals surface area contributed by atoms with E-state index < -0.39 is 5.25 Å². The van der Waals surface area contributed by atoms with Gasteiger partial charge in [-0.05, 0) is 95.2 Å². The molecule has 0 aliphatic carbocycles. The first-order chi connectivity index (χ1) is 16.9. The van der Waals surface area contributed by atoms with Crippen LogP contribution in [0.5, 0.6) is 5.75 Å². The van der Waals surface area contributed by atoms with E-state index in [2.05, 4.69) is 27.9 Å². The number of nitrogens with one attached hydrogen (secondary N) is 1. The van der Waals surface area contributed by atoms with Crippen molar-refractivity contribution in [2.45, 2.75) is 18.1 Å². The van der Waals surface area contributed by atoms with Crippen LogP contribution in [0.3, 0.4) is 0 Å². The number of halogens is 2. The molecule has 9 heteroatoms. The van der Waals surface area contributed by atoms with Crippen LogP contribution >= 0.6 is 46.0 Å². The number of benzene rings is 3. The fourth-order valence-electron chi connectivity index (χ4n) is 3.48. The number of hydrogen-bond acceptors (Lipinski definition) is 5. The molecule has 0 bridgehead atoms. The van der Waals surface area contributed by atoms with Crippen molar-refractivity contribution in [3.05, 3.63) is 87.0 Å². The van der Waals surface area contributed by atoms with Crippen LogP contribution in [0.2, 0.25) is 5.02 Å². The predicted molar refractivity (Wildman–Crippen MR) is 151 cm³/mol. The first-order valence-electron chi connectivity index (χ1n) is 10.9. The Hall–Kier alpha value is -2.56. The maximum atomic E-state index is 13.2. The molecule has 1 atom stereocenters. The second-order valence-corrected chi connectivity index (χ2v) is 10.7. The van der Waals surface area contributed by atoms with Crippen LogP contribution in [0.4, 0.5) is 11.4 Å². The van der Waals surface area contributed by atoms with Gasteiger partial charge in [-0.15, -0.1) is 0 Å². The summed E-state index contributed by atoms with van der Waals surface area (Å²) >= 11 is 9.51. The van der Waals surface area contributed by atoms with E-state index in [0.717, 1.165) is 14.9 Å². The van der Waals surface area contributed by atoms with Crippen LogP contribution in [-0.2, 0) is 16.0 Å². The summed E-state index contributed by atoms with van der Waals surface area (Å²) in [6.07, 6.45) is 0.744. The zero-order chi connectivity index (χ0) is 24.8. The summed E-state index contributed by atoms with van der Waals surface area (Å²) in [6, 6.07) is 22.4. The molecule has 1 N–H and O–H groups in total. The molecule has 0 radical (unpaired) electrons. The number of methoxy groups -OCH3 is 1. The summed E-state index contributed by atoms with van der Waals surface area (Å²) in [6.45, 7) is 0.452. The number of carbonyl (C=O) groups is 2. The maximum absolute atomic E-state index is 13.2. The smallest absolute Gasteiger partial charge is 0.238 e. The van der Waals surface area contributed by atoms with Crippen molar-refractivity contribution in [2.24, 2.45) is 4.99 Å². The maximum Gasteiger partial charge on any atom is 0.238 e. The molecule has 1 saturated heterocycles. The highest BCUT2D eigenvalue weighted by atomic mass is 127. The fourth-order valence-corrected chi connectivity index (χ4v) is 5.09. The topological polar surface area (TPSA) is 71.0 Å². The van der Waals surface area contributed by atoms with Gasteiger partial charge in [-0.2, -0.15) is 0 Å². The van der Waals surface area contributed by atoms with E-state index in [9.17, 15) is 9.59 Å². The molecule has 1 heterocycles. The summed E-state index contributed by atoms with van der Waals surface area (Å²) in [5, 5.41) is 3.51. The van der Waals surface area contributed by atoms with Crippen molar-refractivity contribution in [2.75, 3.05) is 19.0 Å². The van der Waals surface area contributed by atoms with Gasteiger partial charge in [-0.3, -0.25) is 14.5 Å². The molecule has 0 saturated carbocycles. The molecule has 0 aromatic heterocycles. The van der Waals surface area contributed by atoms with E-state index in [0.29, 0.717) is 34.5 Å². The Morgan fingerprint density at radius 1 is 1.11 bits per heavy atom. The number of anilines is 1. The molecule has 2 amide bonds. The summed E-state index contributed by atoms with van der Waals surface area (Å²) in [4.78, 5) is 32.6. The summed E-state index contributed by atoms with van der Waals surface area (Å²) in [5.74, 6) is 0.368. The van der Waals surface area contributed by atoms with Gasteiger partial charge in [0.2, 0.25) is 11.8 Å². The molecule has 1 aliphatic heterocycles. The second-order valence-electron chi connectivity index (χ2n) is 7.82. The highest BCUT2D eigenvalue weighted by molar-refractivity contribution is 14.1. The minimum atomic E-state index is -0.578. The predicted octanol–water partition coefficient (Wildman–Crippen LogP) is 6.16. The molecular formula is C26H23ClIN3O3S. The lowest BCUT2D eigenvalue weighted by Crippen LogP contribution is -2.46. The number of hydrogen-bond donors (Lipinski definition) is 1. The minimum Gasteiger partial charge on any atom is -0.497 e. The molecule has 3 aromatic carbocycles. The average molecular weight is 620 g/mol. The Labute approximate surface area is 227 Å². The van der Waals surface area contributed by atoms with Gasteiger partial charge in [0.05, 0.1) is 12.8 Å². The Morgan fingerprint density at radius 3 is 2.46 bits per heavy atom. The standard InChI is InChI=1S/C26H23ClIN3O3S/c1-34-22-12-10-21(11-13-22)30-26-31(15-14-17-2-4-18(27)5-3-17)24(32)16-23(35-26)25(33)29-20-8-6-19(28)7-9-20/h2-13,23H,14-16H2,1H3,(H,29,33). The molecule has 3 aromatic rings. The highest BCUT2D eigenvalue weighted by Crippen LogP contribution is 2.31. The molecule has 0 spiro atoms. The third-order valence-corrected chi connectivity index (χ3v) is 7.54. The average Bonchev–Trinajstić information content (AvgIpc) is 2.86. The summed E-state index contributed by atoms with van der Waals surface area (Å²) < 4.78 is 6.30. The van der Waals surface area contributed by atoms with Crippen LogP contribution in [0.15, 0.2) is 77.8 Å². The number of aliphatic imine (C=N–C) groups is 1. The Kier molecular flexibility index (Phi) is 8.69. The normalized spacial score (nSPS) is 16.9. The number of amides is 2. The van der Waals surface area contributed by atoms with E-state index in [1.54, 1.807) is 12.0 Å². The van der Waals surface area contributed by atoms with E-state index in [1.807, 2.05) is 72.8 Å². The SMILES string of the molecule is COc1ccc(N=C2SC(C(=O)Nc3ccc(I)cc3)CC(=O)N2CCc2ccc(Cl)cc2)cc1. The highest BCUT2D eigenvalue weighted by Gasteiger charge is 2.35.